The van der Waals surface area contributed by atoms with Gasteiger partial charge in [0.05, 0.1) is 17.1 Å². The molecule has 0 radical (unpaired) electrons. The van der Waals surface area contributed by atoms with Gasteiger partial charge in [0.2, 0.25) is 0 Å². The van der Waals surface area contributed by atoms with Crippen LogP contribution in [0.2, 0.25) is 5.02 Å². The second-order valence-electron chi connectivity index (χ2n) is 5.68. The molecule has 2 aromatic carbocycles. The van der Waals surface area contributed by atoms with E-state index in [0.29, 0.717) is 22.9 Å². The van der Waals surface area contributed by atoms with E-state index in [1.807, 2.05) is 24.3 Å². The van der Waals surface area contributed by atoms with Gasteiger partial charge in [0.25, 0.3) is 0 Å². The zero-order valence-electron chi connectivity index (χ0n) is 13.9. The van der Waals surface area contributed by atoms with Crippen LogP contribution in [0.5, 0.6) is 0 Å². The molecule has 1 aromatic heterocycles. The van der Waals surface area contributed by atoms with Crippen LogP contribution in [0.25, 0.3) is 11.3 Å². The van der Waals surface area contributed by atoms with Gasteiger partial charge in [-0.05, 0) is 48.9 Å². The summed E-state index contributed by atoms with van der Waals surface area (Å²) in [7, 11) is 0. The number of nitrogens with one attached hydrogen (secondary N) is 1. The standard InChI is InChI=1S/C20H18ClNO3.ClH/c21-18-8-6-15(20(23)24)12-17(18)19-9-7-16(25-19)13-22-11-10-14-4-2-1-3-5-14;/h1-9,12,22H,10-11,13H2,(H,23,24);1H. The van der Waals surface area contributed by atoms with E-state index in [4.69, 9.17) is 21.1 Å². The molecule has 0 unspecified atom stereocenters. The first-order chi connectivity index (χ1) is 12.1. The molecule has 0 spiro atoms. The van der Waals surface area contributed by atoms with Gasteiger partial charge in [-0.3, -0.25) is 0 Å². The first-order valence-corrected chi connectivity index (χ1v) is 8.38. The number of aromatic carboxylic acids is 1. The molecule has 4 nitrogen and oxygen atoms in total. The molecule has 6 heteroatoms. The highest BCUT2D eigenvalue weighted by atomic mass is 35.5. The molecule has 0 saturated carbocycles. The predicted octanol–water partition coefficient (Wildman–Crippen LogP) is 5.05. The van der Waals surface area contributed by atoms with Crippen molar-refractivity contribution < 1.29 is 14.3 Å². The first-order valence-electron chi connectivity index (χ1n) is 8.00. The molecule has 0 fully saturated rings. The number of carboxylic acids is 1. The van der Waals surface area contributed by atoms with Gasteiger partial charge in [-0.1, -0.05) is 41.9 Å². The maximum atomic E-state index is 11.1. The van der Waals surface area contributed by atoms with Crippen LogP contribution >= 0.6 is 24.0 Å². The third-order valence-corrected chi connectivity index (χ3v) is 4.20. The number of carbonyl (C=O) groups is 1. The summed E-state index contributed by atoms with van der Waals surface area (Å²) in [5, 5.41) is 12.9. The van der Waals surface area contributed by atoms with Gasteiger partial charge in [0.1, 0.15) is 11.5 Å². The Hall–Kier alpha value is -2.27. The maximum Gasteiger partial charge on any atom is 0.335 e. The van der Waals surface area contributed by atoms with Crippen molar-refractivity contribution in [2.75, 3.05) is 6.54 Å². The largest absolute Gasteiger partial charge is 0.478 e. The fraction of sp³-hybridized carbons (Fsp3) is 0.150. The average Bonchev–Trinajstić information content (AvgIpc) is 3.08. The summed E-state index contributed by atoms with van der Waals surface area (Å²) in [5.74, 6) is 0.347. The topological polar surface area (TPSA) is 62.5 Å². The van der Waals surface area contributed by atoms with Crippen molar-refractivity contribution in [3.63, 3.8) is 0 Å². The molecule has 1 heterocycles. The molecule has 0 atom stereocenters. The smallest absolute Gasteiger partial charge is 0.335 e. The lowest BCUT2D eigenvalue weighted by atomic mass is 10.1. The summed E-state index contributed by atoms with van der Waals surface area (Å²) in [5.41, 5.74) is 2.04. The van der Waals surface area contributed by atoms with Gasteiger partial charge in [0.15, 0.2) is 0 Å². The van der Waals surface area contributed by atoms with Crippen LogP contribution in [0, 0.1) is 0 Å². The van der Waals surface area contributed by atoms with Gasteiger partial charge >= 0.3 is 5.97 Å². The Morgan fingerprint density at radius 2 is 1.85 bits per heavy atom. The van der Waals surface area contributed by atoms with Crippen molar-refractivity contribution in [1.82, 2.24) is 5.32 Å². The number of benzene rings is 2. The van der Waals surface area contributed by atoms with Crippen molar-refractivity contribution in [2.45, 2.75) is 13.0 Å². The molecule has 3 aromatic rings. The zero-order valence-corrected chi connectivity index (χ0v) is 15.5. The summed E-state index contributed by atoms with van der Waals surface area (Å²) < 4.78 is 5.80. The number of carboxylic acid groups (broad SMARTS) is 1. The molecule has 0 aliphatic rings. The third kappa shape index (κ3) is 5.11. The lowest BCUT2D eigenvalue weighted by molar-refractivity contribution is 0.0697. The molecule has 0 amide bonds. The van der Waals surface area contributed by atoms with E-state index in [0.717, 1.165) is 18.7 Å². The normalized spacial score (nSPS) is 10.3. The fourth-order valence-corrected chi connectivity index (χ4v) is 2.76. The second kappa shape index (κ2) is 9.43. The highest BCUT2D eigenvalue weighted by Crippen LogP contribution is 2.30. The molecule has 26 heavy (non-hydrogen) atoms. The average molecular weight is 392 g/mol. The Morgan fingerprint density at radius 3 is 2.58 bits per heavy atom. The number of hydrogen-bond acceptors (Lipinski definition) is 3. The van der Waals surface area contributed by atoms with E-state index in [9.17, 15) is 4.79 Å². The minimum absolute atomic E-state index is 0. The van der Waals surface area contributed by atoms with Crippen LogP contribution in [-0.4, -0.2) is 17.6 Å². The molecular formula is C20H19Cl2NO3. The van der Waals surface area contributed by atoms with Gasteiger partial charge in [-0.25, -0.2) is 4.79 Å². The van der Waals surface area contributed by atoms with E-state index in [-0.39, 0.29) is 18.0 Å². The summed E-state index contributed by atoms with van der Waals surface area (Å²) in [6.07, 6.45) is 0.945. The highest BCUT2D eigenvalue weighted by Gasteiger charge is 2.12. The zero-order chi connectivity index (χ0) is 17.6. The van der Waals surface area contributed by atoms with E-state index in [2.05, 4.69) is 17.4 Å². The Balaban J connectivity index is 0.00000243. The summed E-state index contributed by atoms with van der Waals surface area (Å²) in [4.78, 5) is 11.1. The van der Waals surface area contributed by atoms with Gasteiger partial charge in [-0.2, -0.15) is 0 Å². The van der Waals surface area contributed by atoms with Gasteiger partial charge in [0, 0.05) is 5.56 Å². The minimum atomic E-state index is -0.993. The van der Waals surface area contributed by atoms with Gasteiger partial charge in [-0.15, -0.1) is 12.4 Å². The molecule has 136 valence electrons. The summed E-state index contributed by atoms with van der Waals surface area (Å²) in [6, 6.07) is 18.5. The molecule has 0 aliphatic heterocycles. The summed E-state index contributed by atoms with van der Waals surface area (Å²) in [6.45, 7) is 1.44. The van der Waals surface area contributed by atoms with Crippen LogP contribution in [-0.2, 0) is 13.0 Å². The summed E-state index contributed by atoms with van der Waals surface area (Å²) >= 11 is 6.17. The first kappa shape index (κ1) is 20.0. The van der Waals surface area contributed by atoms with Crippen molar-refractivity contribution in [1.29, 1.82) is 0 Å². The molecule has 2 N–H and O–H groups in total. The van der Waals surface area contributed by atoms with Crippen LogP contribution in [0.1, 0.15) is 21.7 Å². The lowest BCUT2D eigenvalue weighted by Gasteiger charge is -2.04. The minimum Gasteiger partial charge on any atom is -0.478 e. The lowest BCUT2D eigenvalue weighted by Crippen LogP contribution is -2.16. The van der Waals surface area contributed by atoms with Crippen LogP contribution in [0.3, 0.4) is 0 Å². The number of halogens is 2. The van der Waals surface area contributed by atoms with Crippen LogP contribution < -0.4 is 5.32 Å². The van der Waals surface area contributed by atoms with Crippen molar-refractivity contribution in [3.05, 3.63) is 82.6 Å². The van der Waals surface area contributed by atoms with Crippen molar-refractivity contribution in [2.24, 2.45) is 0 Å². The third-order valence-electron chi connectivity index (χ3n) is 3.87. The predicted molar refractivity (Wildman–Crippen MR) is 105 cm³/mol. The van der Waals surface area contributed by atoms with Crippen LogP contribution in [0.15, 0.2) is 65.1 Å². The fourth-order valence-electron chi connectivity index (χ4n) is 2.55. The van der Waals surface area contributed by atoms with Crippen molar-refractivity contribution in [3.8, 4) is 11.3 Å². The van der Waals surface area contributed by atoms with E-state index < -0.39 is 5.97 Å². The Morgan fingerprint density at radius 1 is 1.08 bits per heavy atom. The number of furan rings is 1. The second-order valence-corrected chi connectivity index (χ2v) is 6.09. The van der Waals surface area contributed by atoms with Gasteiger partial charge < -0.3 is 14.8 Å². The maximum absolute atomic E-state index is 11.1. The Bertz CT molecular complexity index is 863. The molecule has 3 rings (SSSR count). The Kier molecular flexibility index (Phi) is 7.27. The quantitative estimate of drug-likeness (QED) is 0.553. The van der Waals surface area contributed by atoms with E-state index >= 15 is 0 Å². The molecule has 0 bridgehead atoms. The molecular weight excluding hydrogens is 373 g/mol. The highest BCUT2D eigenvalue weighted by molar-refractivity contribution is 6.33. The number of rotatable bonds is 7. The number of hydrogen-bond donors (Lipinski definition) is 2. The van der Waals surface area contributed by atoms with Crippen molar-refractivity contribution >= 4 is 30.0 Å². The van der Waals surface area contributed by atoms with E-state index in [1.165, 1.54) is 17.7 Å². The SMILES string of the molecule is Cl.O=C(O)c1ccc(Cl)c(-c2ccc(CNCCc3ccccc3)o2)c1. The van der Waals surface area contributed by atoms with E-state index in [1.54, 1.807) is 12.1 Å². The molecule has 0 aliphatic carbocycles. The van der Waals surface area contributed by atoms with Crippen LogP contribution in [0.4, 0.5) is 0 Å². The monoisotopic (exact) mass is 391 g/mol. The molecule has 0 saturated heterocycles. The Labute approximate surface area is 163 Å².